The van der Waals surface area contributed by atoms with Gasteiger partial charge >= 0.3 is 130 Å². The van der Waals surface area contributed by atoms with Gasteiger partial charge in [-0.2, -0.15) is 0 Å². The molecule has 49 heavy (non-hydrogen) atoms. The van der Waals surface area contributed by atoms with Gasteiger partial charge in [-0.3, -0.25) is 26.3 Å². The van der Waals surface area contributed by atoms with Crippen LogP contribution >= 0.6 is 0 Å². The first-order valence-electron chi connectivity index (χ1n) is 12.5. The van der Waals surface area contributed by atoms with Crippen molar-refractivity contribution in [3.8, 4) is 0 Å². The molecule has 0 radical (unpaired) electrons. The molecular weight excluding hydrogens is 794 g/mol. The summed E-state index contributed by atoms with van der Waals surface area (Å²) >= 11 is 0. The van der Waals surface area contributed by atoms with E-state index in [1.165, 1.54) is 12.1 Å². The van der Waals surface area contributed by atoms with Crippen LogP contribution in [0.3, 0.4) is 0 Å². The summed E-state index contributed by atoms with van der Waals surface area (Å²) in [4.78, 5) is 26.7. The van der Waals surface area contributed by atoms with Gasteiger partial charge < -0.3 is 32.7 Å². The van der Waals surface area contributed by atoms with Crippen LogP contribution in [0.2, 0.25) is 0 Å². The molecule has 21 nitrogen and oxygen atoms in total. The van der Waals surface area contributed by atoms with Crippen molar-refractivity contribution in [3.05, 3.63) is 23.5 Å². The van der Waals surface area contributed by atoms with Crippen LogP contribution in [0.15, 0.2) is 12.1 Å². The Morgan fingerprint density at radius 3 is 1.08 bits per heavy atom. The Bertz CT molecular complexity index is 1580. The van der Waals surface area contributed by atoms with Crippen LogP contribution in [0, 0.1) is 0 Å². The molecule has 2 aliphatic rings. The number of carbonyl (C=O) groups excluding carboxylic acids is 2. The van der Waals surface area contributed by atoms with Crippen molar-refractivity contribution in [1.82, 2.24) is 4.98 Å². The zero-order chi connectivity index (χ0) is 34.1. The smallest absolute Gasteiger partial charge is 0.726 e. The second-order valence-electron chi connectivity index (χ2n) is 9.91. The number of esters is 2. The quantitative estimate of drug-likeness (QED) is 0.0885. The van der Waals surface area contributed by atoms with Crippen LogP contribution in [0.1, 0.15) is 62.8 Å². The van der Waals surface area contributed by atoms with E-state index in [-0.39, 0.29) is 142 Å². The molecule has 2 saturated carbocycles. The van der Waals surface area contributed by atoms with Gasteiger partial charge in [-0.1, -0.05) is 0 Å². The topological polar surface area (TPSA) is 334 Å². The first kappa shape index (κ1) is 52.8. The normalized spacial score (nSPS) is 27.6. The Hall–Kier alpha value is 1.70. The summed E-state index contributed by atoms with van der Waals surface area (Å²) in [6.45, 7) is 1.79. The Labute approximate surface area is 370 Å². The number of aromatic nitrogens is 1. The van der Waals surface area contributed by atoms with Crippen LogP contribution in [-0.4, -0.2) is 105 Å². The van der Waals surface area contributed by atoms with E-state index in [1.54, 1.807) is 0 Å². The third-order valence-corrected chi connectivity index (χ3v) is 8.65. The third kappa shape index (κ3) is 17.4. The van der Waals surface area contributed by atoms with Gasteiger partial charge in [0.1, 0.15) is 36.6 Å². The SMILES string of the molecule is CC(=O)O[C@H]1[C@H](OS(=O)(=O)[O-])[C@H](OS(=O)(=O)[O-])CC[C@@H]1c1ccc([C@H]2CC[C@@H](OS(=O)(=O)[O-])[C@@H](OS(=O)(=O)[O-])[C@@H]2OC(C)=O)[nH]1.[Na+].[Na+].[Na+].[Na+]. The van der Waals surface area contributed by atoms with Gasteiger partial charge in [0.05, 0.1) is 0 Å². The largest absolute Gasteiger partial charge is 1.00 e. The second-order valence-corrected chi connectivity index (χ2v) is 13.9. The first-order chi connectivity index (χ1) is 20.4. The first-order valence-corrected chi connectivity index (χ1v) is 17.9. The average Bonchev–Trinajstić information content (AvgIpc) is 3.29. The predicted octanol–water partition coefficient (Wildman–Crippen LogP) is -14.0. The molecule has 0 bridgehead atoms. The minimum atomic E-state index is -5.60. The van der Waals surface area contributed by atoms with Crippen molar-refractivity contribution < 1.29 is 206 Å². The molecule has 0 aliphatic heterocycles. The Balaban J connectivity index is 0. The molecule has 2 aliphatic carbocycles. The molecule has 3 rings (SSSR count). The molecule has 8 atom stereocenters. The molecule has 0 saturated heterocycles. The number of aromatic amines is 1. The molecule has 258 valence electrons. The van der Waals surface area contributed by atoms with Gasteiger partial charge in [0.2, 0.25) is 41.6 Å². The summed E-state index contributed by atoms with van der Waals surface area (Å²) in [6.07, 6.45) is -12.7. The second kappa shape index (κ2) is 21.1. The average molecular weight is 820 g/mol. The van der Waals surface area contributed by atoms with Crippen LogP contribution < -0.4 is 118 Å². The third-order valence-electron chi connectivity index (χ3n) is 6.77. The number of hydrogen-bond acceptors (Lipinski definition) is 20. The fourth-order valence-electron chi connectivity index (χ4n) is 5.45. The van der Waals surface area contributed by atoms with Gasteiger partial charge in [-0.25, -0.2) is 33.7 Å². The minimum absolute atomic E-state index is 0. The zero-order valence-electron chi connectivity index (χ0n) is 26.9. The summed E-state index contributed by atoms with van der Waals surface area (Å²) in [5.41, 5.74) is 0.208. The van der Waals surface area contributed by atoms with E-state index >= 15 is 0 Å². The molecule has 1 aromatic rings. The Kier molecular flexibility index (Phi) is 22.8. The number of H-pyrrole nitrogens is 1. The van der Waals surface area contributed by atoms with Gasteiger partial charge in [0, 0.05) is 37.1 Å². The Morgan fingerprint density at radius 1 is 0.551 bits per heavy atom. The van der Waals surface area contributed by atoms with Crippen LogP contribution in [0.5, 0.6) is 0 Å². The minimum Gasteiger partial charge on any atom is -0.726 e. The molecular formula is C20H25NNa4O20S4. The van der Waals surface area contributed by atoms with Crippen LogP contribution in [-0.2, 0) is 77.4 Å². The van der Waals surface area contributed by atoms with Crippen molar-refractivity contribution in [2.45, 2.75) is 88.0 Å². The molecule has 29 heteroatoms. The van der Waals surface area contributed by atoms with E-state index in [9.17, 15) is 61.5 Å². The Morgan fingerprint density at radius 2 is 0.837 bits per heavy atom. The maximum atomic E-state index is 11.9. The molecule has 1 N–H and O–H groups in total. The van der Waals surface area contributed by atoms with Gasteiger partial charge in [0.25, 0.3) is 0 Å². The standard InChI is InChI=1S/C20H29NO20S4.4Na/c1-9(22)36-17-11(3-7-15(38-42(24,25)26)19(17)40-44(30,31)32)13-5-6-14(21-13)12-4-8-16(39-43(27,28)29)20(41-45(33,34)35)18(12)37-10(2)23;;;;/h5-6,11-12,15-21H,3-4,7-8H2,1-2H3,(H,24,25,26)(H,27,28,29)(H,30,31,32)(H,33,34,35);;;;/q;4*+1/p-4/t11-,12-,15-,16-,17-,18-,19-,20-;;;;/m1..../s1. The summed E-state index contributed by atoms with van der Waals surface area (Å²) in [7, 11) is -22.1. The van der Waals surface area contributed by atoms with Crippen molar-refractivity contribution in [3.63, 3.8) is 0 Å². The molecule has 0 amide bonds. The maximum Gasteiger partial charge on any atom is 1.00 e. The zero-order valence-corrected chi connectivity index (χ0v) is 38.2. The maximum absolute atomic E-state index is 11.9. The van der Waals surface area contributed by atoms with E-state index in [4.69, 9.17) is 9.47 Å². The summed E-state index contributed by atoms with van der Waals surface area (Å²) in [5.74, 6) is -4.29. The van der Waals surface area contributed by atoms with Crippen LogP contribution in [0.4, 0.5) is 0 Å². The van der Waals surface area contributed by atoms with E-state index in [2.05, 4.69) is 21.7 Å². The summed E-state index contributed by atoms with van der Waals surface area (Å²) in [6, 6.07) is 2.67. The van der Waals surface area contributed by atoms with E-state index in [0.717, 1.165) is 13.8 Å². The van der Waals surface area contributed by atoms with Gasteiger partial charge in [-0.15, -0.1) is 0 Å². The van der Waals surface area contributed by atoms with Gasteiger partial charge in [-0.05, 0) is 37.8 Å². The molecule has 0 unspecified atom stereocenters. The van der Waals surface area contributed by atoms with E-state index in [0.29, 0.717) is 0 Å². The van der Waals surface area contributed by atoms with Crippen molar-refractivity contribution >= 4 is 53.5 Å². The summed E-state index contributed by atoms with van der Waals surface area (Å²) in [5, 5.41) is 0. The fourth-order valence-corrected chi connectivity index (χ4v) is 7.48. The predicted molar refractivity (Wildman–Crippen MR) is 134 cm³/mol. The number of hydrogen-bond donors (Lipinski definition) is 1. The van der Waals surface area contributed by atoms with Crippen molar-refractivity contribution in [2.75, 3.05) is 0 Å². The van der Waals surface area contributed by atoms with Crippen LogP contribution in [0.25, 0.3) is 0 Å². The van der Waals surface area contributed by atoms with Crippen molar-refractivity contribution in [2.24, 2.45) is 0 Å². The number of rotatable bonds is 12. The van der Waals surface area contributed by atoms with Gasteiger partial charge in [0.15, 0.2) is 0 Å². The summed E-state index contributed by atoms with van der Waals surface area (Å²) < 4.78 is 164. The monoisotopic (exact) mass is 819 g/mol. The number of carbonyl (C=O) groups is 2. The number of nitrogens with one attached hydrogen (secondary N) is 1. The fraction of sp³-hybridized carbons (Fsp3) is 0.700. The molecule has 0 aromatic carbocycles. The molecule has 0 spiro atoms. The van der Waals surface area contributed by atoms with Crippen molar-refractivity contribution in [1.29, 1.82) is 0 Å². The van der Waals surface area contributed by atoms with E-state index < -0.39 is 115 Å². The molecule has 1 heterocycles. The van der Waals surface area contributed by atoms with E-state index in [1.807, 2.05) is 0 Å². The number of ether oxygens (including phenoxy) is 2. The molecule has 1 aromatic heterocycles. The molecule has 2 fully saturated rings.